The molecule has 1 atom stereocenters. The van der Waals surface area contributed by atoms with E-state index in [1.54, 1.807) is 6.92 Å². The van der Waals surface area contributed by atoms with Crippen LogP contribution in [0, 0.1) is 0 Å². The summed E-state index contributed by atoms with van der Waals surface area (Å²) in [5, 5.41) is 10.3. The number of aliphatic imine (C=N–C) groups is 1. The van der Waals surface area contributed by atoms with Crippen molar-refractivity contribution in [3.8, 4) is 0 Å². The number of nitrogens with zero attached hydrogens (tertiary/aromatic N) is 1. The van der Waals surface area contributed by atoms with Gasteiger partial charge in [0.1, 0.15) is 5.76 Å². The second kappa shape index (κ2) is 3.70. The lowest BCUT2D eigenvalue weighted by Gasteiger charge is -2.21. The summed E-state index contributed by atoms with van der Waals surface area (Å²) in [7, 11) is 0. The molecule has 1 N–H and O–H groups in total. The second-order valence-electron chi connectivity index (χ2n) is 5.25. The van der Waals surface area contributed by atoms with E-state index in [4.69, 9.17) is 4.74 Å². The number of carbonyl (C=O) groups is 1. The summed E-state index contributed by atoms with van der Waals surface area (Å²) in [5.41, 5.74) is -1.48. The van der Waals surface area contributed by atoms with Crippen molar-refractivity contribution in [1.29, 1.82) is 0 Å². The van der Waals surface area contributed by atoms with E-state index in [1.165, 1.54) is 13.8 Å². The highest BCUT2D eigenvalue weighted by molar-refractivity contribution is 6.07. The molecule has 1 aliphatic heterocycles. The Morgan fingerprint density at radius 3 is 2.25 bits per heavy atom. The van der Waals surface area contributed by atoms with Gasteiger partial charge in [0.25, 0.3) is 0 Å². The van der Waals surface area contributed by atoms with Gasteiger partial charge in [0, 0.05) is 0 Å². The van der Waals surface area contributed by atoms with Gasteiger partial charge in [-0.1, -0.05) is 0 Å². The number of hydrogen-bond donors (Lipinski definition) is 1. The Labute approximate surface area is 96.0 Å². The number of carbonyl (C=O) groups excluding carboxylic acids is 1. The standard InChI is InChI=1S/C12H19NO3/c1-7(14)9-8(2)16-10(12(9,6)15)13-11(3,4)5/h15H,1-6H3. The van der Waals surface area contributed by atoms with Gasteiger partial charge in [-0.05, 0) is 41.5 Å². The van der Waals surface area contributed by atoms with Gasteiger partial charge in [0.15, 0.2) is 11.4 Å². The Morgan fingerprint density at radius 1 is 1.44 bits per heavy atom. The van der Waals surface area contributed by atoms with E-state index in [1.807, 2.05) is 20.8 Å². The van der Waals surface area contributed by atoms with Crippen molar-refractivity contribution in [1.82, 2.24) is 0 Å². The monoisotopic (exact) mass is 225 g/mol. The number of allylic oxidation sites excluding steroid dienone is 1. The van der Waals surface area contributed by atoms with Crippen LogP contribution in [-0.4, -0.2) is 27.9 Å². The SMILES string of the molecule is CC(=O)C1=C(C)OC(=NC(C)(C)C)C1(C)O. The van der Waals surface area contributed by atoms with Gasteiger partial charge < -0.3 is 9.84 Å². The Hall–Kier alpha value is -1.16. The largest absolute Gasteiger partial charge is 0.444 e. The molecule has 0 aliphatic carbocycles. The predicted molar refractivity (Wildman–Crippen MR) is 62.3 cm³/mol. The van der Waals surface area contributed by atoms with Gasteiger partial charge in [-0.2, -0.15) is 0 Å². The van der Waals surface area contributed by atoms with Crippen molar-refractivity contribution in [3.05, 3.63) is 11.3 Å². The number of rotatable bonds is 1. The fourth-order valence-corrected chi connectivity index (χ4v) is 1.77. The van der Waals surface area contributed by atoms with E-state index in [-0.39, 0.29) is 22.8 Å². The van der Waals surface area contributed by atoms with Crippen molar-refractivity contribution >= 4 is 11.7 Å². The average molecular weight is 225 g/mol. The van der Waals surface area contributed by atoms with E-state index in [9.17, 15) is 9.90 Å². The van der Waals surface area contributed by atoms with E-state index in [2.05, 4.69) is 4.99 Å². The lowest BCUT2D eigenvalue weighted by molar-refractivity contribution is -0.114. The van der Waals surface area contributed by atoms with E-state index < -0.39 is 5.60 Å². The van der Waals surface area contributed by atoms with Crippen LogP contribution >= 0.6 is 0 Å². The summed E-state index contributed by atoms with van der Waals surface area (Å²) >= 11 is 0. The van der Waals surface area contributed by atoms with Crippen LogP contribution in [-0.2, 0) is 9.53 Å². The molecule has 0 spiro atoms. The van der Waals surface area contributed by atoms with Crippen LogP contribution in [0.3, 0.4) is 0 Å². The number of ketones is 1. The van der Waals surface area contributed by atoms with Gasteiger partial charge in [0.05, 0.1) is 11.1 Å². The zero-order valence-electron chi connectivity index (χ0n) is 10.7. The number of ether oxygens (including phenoxy) is 1. The maximum Gasteiger partial charge on any atom is 0.226 e. The van der Waals surface area contributed by atoms with E-state index in [0.717, 1.165) is 0 Å². The second-order valence-corrected chi connectivity index (χ2v) is 5.25. The molecule has 0 aromatic rings. The van der Waals surface area contributed by atoms with Crippen LogP contribution in [0.25, 0.3) is 0 Å². The van der Waals surface area contributed by atoms with E-state index >= 15 is 0 Å². The highest BCUT2D eigenvalue weighted by atomic mass is 16.5. The molecule has 0 bridgehead atoms. The average Bonchev–Trinajstić information content (AvgIpc) is 2.17. The molecule has 0 saturated heterocycles. The highest BCUT2D eigenvalue weighted by Crippen LogP contribution is 2.32. The minimum Gasteiger partial charge on any atom is -0.444 e. The first-order valence-corrected chi connectivity index (χ1v) is 5.28. The van der Waals surface area contributed by atoms with Crippen LogP contribution < -0.4 is 0 Å². The Bertz CT molecular complexity index is 384. The summed E-state index contributed by atoms with van der Waals surface area (Å²) in [5.74, 6) is 0.435. The Kier molecular flexibility index (Phi) is 2.98. The topological polar surface area (TPSA) is 58.9 Å². The molecule has 90 valence electrons. The molecular weight excluding hydrogens is 206 g/mol. The first-order valence-electron chi connectivity index (χ1n) is 5.28. The van der Waals surface area contributed by atoms with Gasteiger partial charge in [-0.15, -0.1) is 0 Å². The van der Waals surface area contributed by atoms with Crippen molar-refractivity contribution in [2.24, 2.45) is 4.99 Å². The molecule has 0 aromatic heterocycles. The molecule has 0 aromatic carbocycles. The van der Waals surface area contributed by atoms with Gasteiger partial charge in [-0.3, -0.25) is 4.79 Å². The Balaban J connectivity index is 3.20. The number of Topliss-reactive ketones (excluding diaryl/α,β-unsaturated/α-hetero) is 1. The molecule has 0 fully saturated rings. The van der Waals surface area contributed by atoms with Gasteiger partial charge >= 0.3 is 0 Å². The fraction of sp³-hybridized carbons (Fsp3) is 0.667. The van der Waals surface area contributed by atoms with Crippen LogP contribution in [0.5, 0.6) is 0 Å². The molecule has 16 heavy (non-hydrogen) atoms. The molecule has 0 amide bonds. The predicted octanol–water partition coefficient (Wildman–Crippen LogP) is 1.83. The number of aliphatic hydroxyl groups is 1. The smallest absolute Gasteiger partial charge is 0.226 e. The third kappa shape index (κ3) is 2.32. The summed E-state index contributed by atoms with van der Waals surface area (Å²) in [6.07, 6.45) is 0. The first kappa shape index (κ1) is 12.9. The van der Waals surface area contributed by atoms with Crippen LogP contribution in [0.2, 0.25) is 0 Å². The van der Waals surface area contributed by atoms with Crippen molar-refractivity contribution in [3.63, 3.8) is 0 Å². The van der Waals surface area contributed by atoms with Crippen molar-refractivity contribution in [2.45, 2.75) is 52.7 Å². The molecule has 0 saturated carbocycles. The van der Waals surface area contributed by atoms with Crippen molar-refractivity contribution < 1.29 is 14.6 Å². The van der Waals surface area contributed by atoms with Crippen LogP contribution in [0.4, 0.5) is 0 Å². The first-order chi connectivity index (χ1) is 7.05. The molecule has 1 unspecified atom stereocenters. The minimum atomic E-state index is -1.41. The lowest BCUT2D eigenvalue weighted by atomic mass is 9.93. The molecule has 1 heterocycles. The fourth-order valence-electron chi connectivity index (χ4n) is 1.77. The summed E-state index contributed by atoms with van der Waals surface area (Å²) in [4.78, 5) is 15.7. The maximum absolute atomic E-state index is 11.4. The molecule has 1 aliphatic rings. The lowest BCUT2D eigenvalue weighted by Crippen LogP contribution is -2.37. The van der Waals surface area contributed by atoms with Crippen LogP contribution in [0.1, 0.15) is 41.5 Å². The summed E-state index contributed by atoms with van der Waals surface area (Å²) in [6, 6.07) is 0. The Morgan fingerprint density at radius 2 is 1.94 bits per heavy atom. The molecular formula is C12H19NO3. The molecule has 4 heteroatoms. The highest BCUT2D eigenvalue weighted by Gasteiger charge is 2.45. The normalized spacial score (nSPS) is 28.6. The maximum atomic E-state index is 11.4. The van der Waals surface area contributed by atoms with Gasteiger partial charge in [-0.25, -0.2) is 4.99 Å². The number of hydrogen-bond acceptors (Lipinski definition) is 4. The third-order valence-corrected chi connectivity index (χ3v) is 2.29. The third-order valence-electron chi connectivity index (χ3n) is 2.29. The van der Waals surface area contributed by atoms with E-state index in [0.29, 0.717) is 5.76 Å². The van der Waals surface area contributed by atoms with Crippen molar-refractivity contribution in [2.75, 3.05) is 0 Å². The van der Waals surface area contributed by atoms with Gasteiger partial charge in [0.2, 0.25) is 5.90 Å². The summed E-state index contributed by atoms with van der Waals surface area (Å²) in [6.45, 7) is 10.3. The molecule has 4 nitrogen and oxygen atoms in total. The zero-order valence-corrected chi connectivity index (χ0v) is 10.7. The molecule has 0 radical (unpaired) electrons. The zero-order chi connectivity index (χ0) is 12.7. The minimum absolute atomic E-state index is 0.193. The van der Waals surface area contributed by atoms with Crippen LogP contribution in [0.15, 0.2) is 16.3 Å². The molecule has 1 rings (SSSR count). The summed E-state index contributed by atoms with van der Waals surface area (Å²) < 4.78 is 5.39. The quantitative estimate of drug-likeness (QED) is 0.740.